The van der Waals surface area contributed by atoms with Crippen LogP contribution in [0.1, 0.15) is 34.3 Å². The van der Waals surface area contributed by atoms with Gasteiger partial charge in [-0.05, 0) is 92.2 Å². The standard InChI is InChI=1S/C22H26BrClN2O2/c1-28-20-2-3-21(23)17(14-20)10-15-4-7-26(8-5-15)9-6-16-11-18(22(25)27)13-19(24)12-16/h2-3,11-15H,4-10H2,1H3,(H2,25,27). The number of carbonyl (C=O) groups excluding carboxylic acids is 1. The van der Waals surface area contributed by atoms with Gasteiger partial charge in [0.2, 0.25) is 5.91 Å². The number of benzene rings is 2. The van der Waals surface area contributed by atoms with Crippen molar-refractivity contribution in [3.8, 4) is 5.75 Å². The Morgan fingerprint density at radius 3 is 2.68 bits per heavy atom. The monoisotopic (exact) mass is 464 g/mol. The lowest BCUT2D eigenvalue weighted by Crippen LogP contribution is -2.35. The van der Waals surface area contributed by atoms with Crippen LogP contribution in [0.4, 0.5) is 0 Å². The van der Waals surface area contributed by atoms with Gasteiger partial charge in [-0.3, -0.25) is 4.79 Å². The molecule has 0 spiro atoms. The van der Waals surface area contributed by atoms with Crippen molar-refractivity contribution in [2.75, 3.05) is 26.7 Å². The fourth-order valence-electron chi connectivity index (χ4n) is 3.78. The molecule has 2 N–H and O–H groups in total. The highest BCUT2D eigenvalue weighted by atomic mass is 79.9. The number of nitrogens with zero attached hydrogens (tertiary/aromatic N) is 1. The molecule has 0 radical (unpaired) electrons. The summed E-state index contributed by atoms with van der Waals surface area (Å²) in [5.41, 5.74) is 8.23. The smallest absolute Gasteiger partial charge is 0.248 e. The number of hydrogen-bond donors (Lipinski definition) is 1. The van der Waals surface area contributed by atoms with Crippen molar-refractivity contribution in [3.63, 3.8) is 0 Å². The van der Waals surface area contributed by atoms with Gasteiger partial charge in [-0.15, -0.1) is 0 Å². The maximum absolute atomic E-state index is 11.4. The molecule has 0 saturated carbocycles. The molecule has 0 bridgehead atoms. The number of methoxy groups -OCH3 is 1. The largest absolute Gasteiger partial charge is 0.497 e. The average molecular weight is 466 g/mol. The molecule has 2 aromatic carbocycles. The zero-order chi connectivity index (χ0) is 20.1. The van der Waals surface area contributed by atoms with E-state index in [4.69, 9.17) is 22.1 Å². The van der Waals surface area contributed by atoms with E-state index in [0.717, 1.165) is 48.3 Å². The van der Waals surface area contributed by atoms with Crippen LogP contribution in [0.3, 0.4) is 0 Å². The minimum Gasteiger partial charge on any atom is -0.497 e. The molecule has 0 atom stereocenters. The Morgan fingerprint density at radius 1 is 1.25 bits per heavy atom. The zero-order valence-corrected chi connectivity index (χ0v) is 18.4. The summed E-state index contributed by atoms with van der Waals surface area (Å²) in [7, 11) is 1.71. The highest BCUT2D eigenvalue weighted by Gasteiger charge is 2.20. The molecule has 150 valence electrons. The lowest BCUT2D eigenvalue weighted by Gasteiger charge is -2.32. The second-order valence-corrected chi connectivity index (χ2v) is 8.70. The van der Waals surface area contributed by atoms with E-state index in [9.17, 15) is 4.79 Å². The molecule has 0 aromatic heterocycles. The van der Waals surface area contributed by atoms with Crippen LogP contribution < -0.4 is 10.5 Å². The van der Waals surface area contributed by atoms with E-state index >= 15 is 0 Å². The molecule has 1 fully saturated rings. The molecule has 6 heteroatoms. The predicted molar refractivity (Wildman–Crippen MR) is 117 cm³/mol. The van der Waals surface area contributed by atoms with Gasteiger partial charge in [0, 0.05) is 21.6 Å². The molecule has 1 aliphatic heterocycles. The molecule has 0 aliphatic carbocycles. The molecule has 1 heterocycles. The van der Waals surface area contributed by atoms with E-state index in [2.05, 4.69) is 33.0 Å². The number of likely N-dealkylation sites (tertiary alicyclic amines) is 1. The van der Waals surface area contributed by atoms with Crippen LogP contribution in [-0.4, -0.2) is 37.6 Å². The van der Waals surface area contributed by atoms with E-state index in [1.54, 1.807) is 13.2 Å². The summed E-state index contributed by atoms with van der Waals surface area (Å²) in [5.74, 6) is 1.16. The highest BCUT2D eigenvalue weighted by Crippen LogP contribution is 2.28. The molecule has 1 amide bonds. The van der Waals surface area contributed by atoms with Crippen molar-refractivity contribution in [1.29, 1.82) is 0 Å². The van der Waals surface area contributed by atoms with Gasteiger partial charge in [0.1, 0.15) is 5.75 Å². The summed E-state index contributed by atoms with van der Waals surface area (Å²) >= 11 is 9.77. The normalized spacial score (nSPS) is 15.5. The third-order valence-electron chi connectivity index (χ3n) is 5.43. The van der Waals surface area contributed by atoms with Crippen molar-refractivity contribution in [1.82, 2.24) is 4.90 Å². The highest BCUT2D eigenvalue weighted by molar-refractivity contribution is 9.10. The van der Waals surface area contributed by atoms with Crippen molar-refractivity contribution >= 4 is 33.4 Å². The van der Waals surface area contributed by atoms with Crippen molar-refractivity contribution in [3.05, 3.63) is 62.6 Å². The Morgan fingerprint density at radius 2 is 2.00 bits per heavy atom. The van der Waals surface area contributed by atoms with Crippen LogP contribution in [0.25, 0.3) is 0 Å². The second-order valence-electron chi connectivity index (χ2n) is 7.41. The quantitative estimate of drug-likeness (QED) is 0.644. The Labute approximate surface area is 180 Å². The van der Waals surface area contributed by atoms with Gasteiger partial charge >= 0.3 is 0 Å². The van der Waals surface area contributed by atoms with E-state index in [1.807, 2.05) is 18.2 Å². The summed E-state index contributed by atoms with van der Waals surface area (Å²) in [4.78, 5) is 13.9. The SMILES string of the molecule is COc1ccc(Br)c(CC2CCN(CCc3cc(Cl)cc(C(N)=O)c3)CC2)c1. The summed E-state index contributed by atoms with van der Waals surface area (Å²) in [6.45, 7) is 3.15. The molecule has 4 nitrogen and oxygen atoms in total. The summed E-state index contributed by atoms with van der Waals surface area (Å²) < 4.78 is 6.51. The zero-order valence-electron chi connectivity index (χ0n) is 16.1. The van der Waals surface area contributed by atoms with Gasteiger partial charge in [0.25, 0.3) is 0 Å². The maximum atomic E-state index is 11.4. The second kappa shape index (κ2) is 9.77. The van der Waals surface area contributed by atoms with Gasteiger partial charge in [0.05, 0.1) is 7.11 Å². The molecule has 1 saturated heterocycles. The number of carbonyl (C=O) groups is 1. The topological polar surface area (TPSA) is 55.6 Å². The van der Waals surface area contributed by atoms with Crippen molar-refractivity contribution in [2.45, 2.75) is 25.7 Å². The molecular formula is C22H26BrClN2O2. The number of piperidine rings is 1. The number of nitrogens with two attached hydrogens (primary N) is 1. The minimum absolute atomic E-state index is 0.437. The van der Waals surface area contributed by atoms with Gasteiger partial charge in [0.15, 0.2) is 0 Å². The van der Waals surface area contributed by atoms with Crippen LogP contribution in [0.15, 0.2) is 40.9 Å². The van der Waals surface area contributed by atoms with E-state index in [0.29, 0.717) is 16.5 Å². The lowest BCUT2D eigenvalue weighted by atomic mass is 9.90. The van der Waals surface area contributed by atoms with Crippen LogP contribution >= 0.6 is 27.5 Å². The first-order valence-corrected chi connectivity index (χ1v) is 10.8. The molecule has 0 unspecified atom stereocenters. The third-order valence-corrected chi connectivity index (χ3v) is 6.42. The predicted octanol–water partition coefficient (Wildman–Crippen LogP) is 4.71. The van der Waals surface area contributed by atoms with Crippen LogP contribution in [-0.2, 0) is 12.8 Å². The first-order valence-electron chi connectivity index (χ1n) is 9.58. The Bertz CT molecular complexity index is 835. The van der Waals surface area contributed by atoms with Gasteiger partial charge in [-0.1, -0.05) is 27.5 Å². The number of hydrogen-bond acceptors (Lipinski definition) is 3. The fraction of sp³-hybridized carbons (Fsp3) is 0.409. The number of ether oxygens (including phenoxy) is 1. The van der Waals surface area contributed by atoms with E-state index < -0.39 is 5.91 Å². The fourth-order valence-corrected chi connectivity index (χ4v) is 4.45. The number of amides is 1. The maximum Gasteiger partial charge on any atom is 0.248 e. The van der Waals surface area contributed by atoms with Crippen LogP contribution in [0.2, 0.25) is 5.02 Å². The van der Waals surface area contributed by atoms with Crippen molar-refractivity contribution in [2.24, 2.45) is 11.7 Å². The summed E-state index contributed by atoms with van der Waals surface area (Å²) in [6, 6.07) is 11.6. The Kier molecular flexibility index (Phi) is 7.38. The Hall–Kier alpha value is -1.56. The third kappa shape index (κ3) is 5.72. The van der Waals surface area contributed by atoms with Gasteiger partial charge < -0.3 is 15.4 Å². The minimum atomic E-state index is -0.437. The first-order chi connectivity index (χ1) is 13.4. The van der Waals surface area contributed by atoms with Crippen LogP contribution in [0.5, 0.6) is 5.75 Å². The van der Waals surface area contributed by atoms with E-state index in [-0.39, 0.29) is 0 Å². The summed E-state index contributed by atoms with van der Waals surface area (Å²) in [6.07, 6.45) is 4.31. The van der Waals surface area contributed by atoms with Crippen molar-refractivity contribution < 1.29 is 9.53 Å². The lowest BCUT2D eigenvalue weighted by molar-refractivity contribution is 0.1000. The van der Waals surface area contributed by atoms with Gasteiger partial charge in [-0.2, -0.15) is 0 Å². The number of primary amides is 1. The number of rotatable bonds is 7. The molecule has 3 rings (SSSR count). The van der Waals surface area contributed by atoms with Crippen LogP contribution in [0, 0.1) is 5.92 Å². The molecule has 1 aliphatic rings. The molecule has 28 heavy (non-hydrogen) atoms. The van der Waals surface area contributed by atoms with Gasteiger partial charge in [-0.25, -0.2) is 0 Å². The first kappa shape index (κ1) is 21.2. The Balaban J connectivity index is 1.50. The average Bonchev–Trinajstić information content (AvgIpc) is 2.68. The number of halogens is 2. The molecule has 2 aromatic rings. The summed E-state index contributed by atoms with van der Waals surface area (Å²) in [5, 5.41) is 0.564. The van der Waals surface area contributed by atoms with E-state index in [1.165, 1.54) is 18.4 Å². The molecular weight excluding hydrogens is 440 g/mol.